The highest BCUT2D eigenvalue weighted by Gasteiger charge is 2.29. The molecule has 0 radical (unpaired) electrons. The van der Waals surface area contributed by atoms with Gasteiger partial charge < -0.3 is 11.1 Å². The fourth-order valence-electron chi connectivity index (χ4n) is 2.32. The number of carbonyl (C=O) groups is 1. The van der Waals surface area contributed by atoms with E-state index in [0.29, 0.717) is 12.6 Å². The molecule has 0 unspecified atom stereocenters. The van der Waals surface area contributed by atoms with Crippen LogP contribution in [-0.4, -0.2) is 29.9 Å². The van der Waals surface area contributed by atoms with Crippen molar-refractivity contribution in [1.29, 1.82) is 0 Å². The topological polar surface area (TPSA) is 58.4 Å². The van der Waals surface area contributed by atoms with Crippen molar-refractivity contribution in [3.63, 3.8) is 0 Å². The number of hydrogen-bond donors (Lipinski definition) is 2. The summed E-state index contributed by atoms with van der Waals surface area (Å²) in [5.74, 6) is 0.0632. The van der Waals surface area contributed by atoms with Gasteiger partial charge in [-0.2, -0.15) is 0 Å². The summed E-state index contributed by atoms with van der Waals surface area (Å²) in [5, 5.41) is 2.97. The summed E-state index contributed by atoms with van der Waals surface area (Å²) in [7, 11) is 0. The zero-order chi connectivity index (χ0) is 13.8. The Morgan fingerprint density at radius 2 is 2.21 bits per heavy atom. The number of rotatable bonds is 6. The highest BCUT2D eigenvalue weighted by molar-refractivity contribution is 5.93. The molecule has 1 amide bonds. The van der Waals surface area contributed by atoms with Gasteiger partial charge in [0.05, 0.1) is 6.54 Å². The van der Waals surface area contributed by atoms with Crippen LogP contribution in [0.4, 0.5) is 11.4 Å². The molecule has 1 saturated carbocycles. The van der Waals surface area contributed by atoms with E-state index in [0.717, 1.165) is 29.9 Å². The Labute approximate surface area is 115 Å². The van der Waals surface area contributed by atoms with E-state index in [4.69, 9.17) is 5.73 Å². The first kappa shape index (κ1) is 13.9. The molecule has 4 nitrogen and oxygen atoms in total. The van der Waals surface area contributed by atoms with Crippen molar-refractivity contribution in [2.24, 2.45) is 0 Å². The van der Waals surface area contributed by atoms with Gasteiger partial charge in [0.15, 0.2) is 0 Å². The molecule has 104 valence electrons. The van der Waals surface area contributed by atoms with Gasteiger partial charge in [-0.15, -0.1) is 0 Å². The standard InChI is InChI=1S/C15H23N3O/c1-3-8-18(13-5-6-13)10-15(19)17-14-7-4-12(16)9-11(14)2/h4,7,9,13H,3,5-6,8,10,16H2,1-2H3,(H,17,19). The van der Waals surface area contributed by atoms with Crippen molar-refractivity contribution < 1.29 is 4.79 Å². The maximum Gasteiger partial charge on any atom is 0.238 e. The van der Waals surface area contributed by atoms with Gasteiger partial charge in [-0.25, -0.2) is 0 Å². The number of nitrogen functional groups attached to an aromatic ring is 1. The van der Waals surface area contributed by atoms with Gasteiger partial charge in [0, 0.05) is 17.4 Å². The lowest BCUT2D eigenvalue weighted by Gasteiger charge is -2.20. The quantitative estimate of drug-likeness (QED) is 0.773. The summed E-state index contributed by atoms with van der Waals surface area (Å²) < 4.78 is 0. The van der Waals surface area contributed by atoms with E-state index in [-0.39, 0.29) is 5.91 Å². The predicted octanol–water partition coefficient (Wildman–Crippen LogP) is 2.39. The molecule has 1 fully saturated rings. The average Bonchev–Trinajstić information content (AvgIpc) is 3.16. The number of nitrogens with one attached hydrogen (secondary N) is 1. The molecule has 0 bridgehead atoms. The minimum atomic E-state index is 0.0632. The highest BCUT2D eigenvalue weighted by atomic mass is 16.2. The van der Waals surface area contributed by atoms with Crippen LogP contribution in [0.3, 0.4) is 0 Å². The molecule has 1 aromatic rings. The summed E-state index contributed by atoms with van der Waals surface area (Å²) in [6.07, 6.45) is 3.55. The molecule has 0 heterocycles. The van der Waals surface area contributed by atoms with Gasteiger partial charge in [-0.05, 0) is 56.5 Å². The largest absolute Gasteiger partial charge is 0.399 e. The van der Waals surface area contributed by atoms with E-state index in [1.807, 2.05) is 25.1 Å². The van der Waals surface area contributed by atoms with E-state index in [9.17, 15) is 4.79 Å². The summed E-state index contributed by atoms with van der Waals surface area (Å²) in [5.41, 5.74) is 8.28. The molecule has 0 aromatic heterocycles. The fraction of sp³-hybridized carbons (Fsp3) is 0.533. The minimum absolute atomic E-state index is 0.0632. The molecule has 19 heavy (non-hydrogen) atoms. The second kappa shape index (κ2) is 6.06. The van der Waals surface area contributed by atoms with Crippen LogP contribution >= 0.6 is 0 Å². The second-order valence-electron chi connectivity index (χ2n) is 5.32. The molecule has 3 N–H and O–H groups in total. The first-order chi connectivity index (χ1) is 9.10. The third-order valence-corrected chi connectivity index (χ3v) is 3.45. The second-order valence-corrected chi connectivity index (χ2v) is 5.32. The molecular formula is C15H23N3O. The third kappa shape index (κ3) is 3.96. The van der Waals surface area contributed by atoms with Crippen LogP contribution in [0.15, 0.2) is 18.2 Å². The lowest BCUT2D eigenvalue weighted by Crippen LogP contribution is -2.35. The van der Waals surface area contributed by atoms with Crippen molar-refractivity contribution >= 4 is 17.3 Å². The minimum Gasteiger partial charge on any atom is -0.399 e. The maximum atomic E-state index is 12.1. The summed E-state index contributed by atoms with van der Waals surface area (Å²) in [4.78, 5) is 14.4. The van der Waals surface area contributed by atoms with Crippen molar-refractivity contribution in [3.05, 3.63) is 23.8 Å². The highest BCUT2D eigenvalue weighted by Crippen LogP contribution is 2.26. The normalized spacial score (nSPS) is 14.7. The first-order valence-electron chi connectivity index (χ1n) is 7.00. The molecule has 4 heteroatoms. The molecular weight excluding hydrogens is 238 g/mol. The van der Waals surface area contributed by atoms with Crippen LogP contribution in [0, 0.1) is 6.92 Å². The number of nitrogens with zero attached hydrogens (tertiary/aromatic N) is 1. The summed E-state index contributed by atoms with van der Waals surface area (Å²) >= 11 is 0. The van der Waals surface area contributed by atoms with Crippen molar-refractivity contribution in [2.45, 2.75) is 39.2 Å². The van der Waals surface area contributed by atoms with E-state index in [2.05, 4.69) is 17.1 Å². The Balaban J connectivity index is 1.92. The van der Waals surface area contributed by atoms with Crippen LogP contribution in [0.2, 0.25) is 0 Å². The Hall–Kier alpha value is -1.55. The number of carbonyl (C=O) groups excluding carboxylic acids is 1. The van der Waals surface area contributed by atoms with E-state index < -0.39 is 0 Å². The van der Waals surface area contributed by atoms with Crippen LogP contribution in [0.1, 0.15) is 31.7 Å². The fourth-order valence-corrected chi connectivity index (χ4v) is 2.32. The predicted molar refractivity (Wildman–Crippen MR) is 79.1 cm³/mol. The zero-order valence-corrected chi connectivity index (χ0v) is 11.8. The van der Waals surface area contributed by atoms with Gasteiger partial charge in [0.1, 0.15) is 0 Å². The van der Waals surface area contributed by atoms with Crippen molar-refractivity contribution in [2.75, 3.05) is 24.1 Å². The Morgan fingerprint density at radius 1 is 1.47 bits per heavy atom. The lowest BCUT2D eigenvalue weighted by atomic mass is 10.2. The van der Waals surface area contributed by atoms with E-state index in [1.165, 1.54) is 12.8 Å². The maximum absolute atomic E-state index is 12.1. The summed E-state index contributed by atoms with van der Waals surface area (Å²) in [6, 6.07) is 6.18. The van der Waals surface area contributed by atoms with Crippen LogP contribution in [0.5, 0.6) is 0 Å². The van der Waals surface area contributed by atoms with Gasteiger partial charge >= 0.3 is 0 Å². The van der Waals surface area contributed by atoms with Gasteiger partial charge in [0.2, 0.25) is 5.91 Å². The zero-order valence-electron chi connectivity index (χ0n) is 11.8. The Bertz CT molecular complexity index is 455. The summed E-state index contributed by atoms with van der Waals surface area (Å²) in [6.45, 7) is 5.59. The van der Waals surface area contributed by atoms with Crippen molar-refractivity contribution in [3.8, 4) is 0 Å². The monoisotopic (exact) mass is 261 g/mol. The number of aryl methyl sites for hydroxylation is 1. The average molecular weight is 261 g/mol. The van der Waals surface area contributed by atoms with Gasteiger partial charge in [0.25, 0.3) is 0 Å². The number of nitrogens with two attached hydrogens (primary N) is 1. The smallest absolute Gasteiger partial charge is 0.238 e. The SMILES string of the molecule is CCCN(CC(=O)Nc1ccc(N)cc1C)C1CC1. The lowest BCUT2D eigenvalue weighted by molar-refractivity contribution is -0.117. The molecule has 2 rings (SSSR count). The molecule has 1 aromatic carbocycles. The molecule has 0 spiro atoms. The number of anilines is 2. The third-order valence-electron chi connectivity index (χ3n) is 3.45. The number of benzene rings is 1. The van der Waals surface area contributed by atoms with Crippen LogP contribution in [0.25, 0.3) is 0 Å². The Kier molecular flexibility index (Phi) is 4.43. The number of amides is 1. The molecule has 0 aliphatic heterocycles. The van der Waals surface area contributed by atoms with Crippen LogP contribution < -0.4 is 11.1 Å². The van der Waals surface area contributed by atoms with Gasteiger partial charge in [-0.3, -0.25) is 9.69 Å². The van der Waals surface area contributed by atoms with Gasteiger partial charge in [-0.1, -0.05) is 6.92 Å². The Morgan fingerprint density at radius 3 is 2.79 bits per heavy atom. The van der Waals surface area contributed by atoms with E-state index in [1.54, 1.807) is 0 Å². The molecule has 1 aliphatic rings. The van der Waals surface area contributed by atoms with Crippen LogP contribution in [-0.2, 0) is 4.79 Å². The molecule has 0 saturated heterocycles. The molecule has 1 aliphatic carbocycles. The number of hydrogen-bond acceptors (Lipinski definition) is 3. The first-order valence-corrected chi connectivity index (χ1v) is 7.00. The molecule has 0 atom stereocenters. The van der Waals surface area contributed by atoms with Crippen molar-refractivity contribution in [1.82, 2.24) is 4.90 Å². The van der Waals surface area contributed by atoms with E-state index >= 15 is 0 Å².